The molecular formula is C13H18N2OS. The monoisotopic (exact) mass is 250 g/mol. The van der Waals surface area contributed by atoms with Crippen LogP contribution in [0.25, 0.3) is 10.2 Å². The fraction of sp³-hybridized carbons (Fsp3) is 0.462. The molecule has 1 aromatic heterocycles. The van der Waals surface area contributed by atoms with Crippen LogP contribution in [-0.2, 0) is 4.74 Å². The first-order chi connectivity index (χ1) is 8.31. The minimum Gasteiger partial charge on any atom is -0.385 e. The molecule has 0 aliphatic heterocycles. The first kappa shape index (κ1) is 12.3. The largest absolute Gasteiger partial charge is 0.385 e. The van der Waals surface area contributed by atoms with Crippen LogP contribution in [-0.4, -0.2) is 25.2 Å². The average Bonchev–Trinajstić information content (AvgIpc) is 2.73. The second-order valence-electron chi connectivity index (χ2n) is 4.07. The van der Waals surface area contributed by atoms with Gasteiger partial charge in [0.2, 0.25) is 0 Å². The first-order valence-corrected chi connectivity index (χ1v) is 6.72. The Kier molecular flexibility index (Phi) is 4.34. The van der Waals surface area contributed by atoms with Gasteiger partial charge in [-0.2, -0.15) is 0 Å². The van der Waals surface area contributed by atoms with Crippen LogP contribution in [0.5, 0.6) is 0 Å². The standard InChI is InChI=1S/C13H18N2OS/c1-10-6-5-7-11-12(10)15-13(17-11)14-8-3-4-9-16-2/h5-7H,3-4,8-9H2,1-2H3,(H,14,15). The van der Waals surface area contributed by atoms with E-state index in [0.29, 0.717) is 0 Å². The number of benzene rings is 1. The summed E-state index contributed by atoms with van der Waals surface area (Å²) in [6, 6.07) is 6.30. The molecular weight excluding hydrogens is 232 g/mol. The van der Waals surface area contributed by atoms with E-state index in [1.807, 2.05) is 0 Å². The van der Waals surface area contributed by atoms with Gasteiger partial charge in [0.1, 0.15) is 0 Å². The molecule has 2 rings (SSSR count). The smallest absolute Gasteiger partial charge is 0.183 e. The Morgan fingerprint density at radius 1 is 1.35 bits per heavy atom. The molecule has 0 fully saturated rings. The average molecular weight is 250 g/mol. The summed E-state index contributed by atoms with van der Waals surface area (Å²) in [6.45, 7) is 3.90. The van der Waals surface area contributed by atoms with Gasteiger partial charge >= 0.3 is 0 Å². The zero-order chi connectivity index (χ0) is 12.1. The Morgan fingerprint density at radius 3 is 3.00 bits per heavy atom. The molecule has 0 unspecified atom stereocenters. The van der Waals surface area contributed by atoms with Crippen LogP contribution in [0.1, 0.15) is 18.4 Å². The Morgan fingerprint density at radius 2 is 2.24 bits per heavy atom. The maximum Gasteiger partial charge on any atom is 0.183 e. The zero-order valence-electron chi connectivity index (χ0n) is 10.3. The number of anilines is 1. The van der Waals surface area contributed by atoms with E-state index in [1.54, 1.807) is 18.4 Å². The lowest BCUT2D eigenvalue weighted by atomic mass is 10.2. The van der Waals surface area contributed by atoms with Gasteiger partial charge in [0.25, 0.3) is 0 Å². The number of fused-ring (bicyclic) bond motifs is 1. The first-order valence-electron chi connectivity index (χ1n) is 5.90. The van der Waals surface area contributed by atoms with Crippen LogP contribution in [0.4, 0.5) is 5.13 Å². The van der Waals surface area contributed by atoms with Gasteiger partial charge in [0.15, 0.2) is 5.13 Å². The molecule has 1 aromatic carbocycles. The molecule has 17 heavy (non-hydrogen) atoms. The second kappa shape index (κ2) is 5.98. The number of aromatic nitrogens is 1. The second-order valence-corrected chi connectivity index (χ2v) is 5.10. The number of para-hydroxylation sites is 1. The summed E-state index contributed by atoms with van der Waals surface area (Å²) in [5, 5.41) is 4.39. The van der Waals surface area contributed by atoms with Crippen LogP contribution in [0.2, 0.25) is 0 Å². The number of methoxy groups -OCH3 is 1. The number of aryl methyl sites for hydroxylation is 1. The number of rotatable bonds is 6. The number of ether oxygens (including phenoxy) is 1. The van der Waals surface area contributed by atoms with Crippen molar-refractivity contribution >= 4 is 26.7 Å². The summed E-state index contributed by atoms with van der Waals surface area (Å²) in [4.78, 5) is 4.61. The molecule has 1 heterocycles. The Hall–Kier alpha value is -1.13. The summed E-state index contributed by atoms with van der Waals surface area (Å²) in [7, 11) is 1.74. The molecule has 0 spiro atoms. The van der Waals surface area contributed by atoms with Gasteiger partial charge in [0, 0.05) is 20.3 Å². The van der Waals surface area contributed by atoms with Crippen LogP contribution in [0.3, 0.4) is 0 Å². The van der Waals surface area contributed by atoms with Crippen molar-refractivity contribution in [2.45, 2.75) is 19.8 Å². The third kappa shape index (κ3) is 3.17. The molecule has 0 aliphatic carbocycles. The molecule has 0 atom stereocenters. The van der Waals surface area contributed by atoms with Crippen molar-refractivity contribution in [2.24, 2.45) is 0 Å². The van der Waals surface area contributed by atoms with Gasteiger partial charge in [-0.1, -0.05) is 23.5 Å². The predicted octanol–water partition coefficient (Wildman–Crippen LogP) is 3.44. The quantitative estimate of drug-likeness (QED) is 0.797. The third-order valence-electron chi connectivity index (χ3n) is 2.67. The van der Waals surface area contributed by atoms with Gasteiger partial charge in [-0.15, -0.1) is 0 Å². The van der Waals surface area contributed by atoms with E-state index in [9.17, 15) is 0 Å². The topological polar surface area (TPSA) is 34.1 Å². The van der Waals surface area contributed by atoms with Gasteiger partial charge < -0.3 is 10.1 Å². The van der Waals surface area contributed by atoms with Gasteiger partial charge in [-0.25, -0.2) is 4.98 Å². The molecule has 0 saturated heterocycles. The van der Waals surface area contributed by atoms with Crippen molar-refractivity contribution in [3.05, 3.63) is 23.8 Å². The van der Waals surface area contributed by atoms with Gasteiger partial charge in [-0.05, 0) is 31.4 Å². The Bertz CT molecular complexity index is 481. The lowest BCUT2D eigenvalue weighted by Gasteiger charge is -2.01. The molecule has 3 nitrogen and oxygen atoms in total. The Balaban J connectivity index is 1.93. The third-order valence-corrected chi connectivity index (χ3v) is 3.65. The highest BCUT2D eigenvalue weighted by Crippen LogP contribution is 2.27. The number of unbranched alkanes of at least 4 members (excludes halogenated alkanes) is 1. The number of thiazole rings is 1. The summed E-state index contributed by atoms with van der Waals surface area (Å²) in [5.41, 5.74) is 2.36. The minimum atomic E-state index is 0.834. The fourth-order valence-corrected chi connectivity index (χ4v) is 2.70. The number of nitrogens with zero attached hydrogens (tertiary/aromatic N) is 1. The maximum absolute atomic E-state index is 5.02. The van der Waals surface area contributed by atoms with Crippen molar-refractivity contribution in [2.75, 3.05) is 25.6 Å². The van der Waals surface area contributed by atoms with Crippen molar-refractivity contribution in [1.82, 2.24) is 4.98 Å². The molecule has 0 radical (unpaired) electrons. The highest BCUT2D eigenvalue weighted by molar-refractivity contribution is 7.22. The summed E-state index contributed by atoms with van der Waals surface area (Å²) >= 11 is 1.72. The molecule has 1 N–H and O–H groups in total. The van der Waals surface area contributed by atoms with Gasteiger partial charge in [-0.3, -0.25) is 0 Å². The predicted molar refractivity (Wildman–Crippen MR) is 74.0 cm³/mol. The van der Waals surface area contributed by atoms with Crippen LogP contribution < -0.4 is 5.32 Å². The fourth-order valence-electron chi connectivity index (χ4n) is 1.73. The number of hydrogen-bond acceptors (Lipinski definition) is 4. The van der Waals surface area contributed by atoms with E-state index in [4.69, 9.17) is 4.74 Å². The lowest BCUT2D eigenvalue weighted by Crippen LogP contribution is -2.02. The normalized spacial score (nSPS) is 10.9. The number of nitrogens with one attached hydrogen (secondary N) is 1. The molecule has 0 bridgehead atoms. The van der Waals surface area contributed by atoms with Gasteiger partial charge in [0.05, 0.1) is 10.2 Å². The SMILES string of the molecule is COCCCCNc1nc2c(C)cccc2s1. The molecule has 2 aromatic rings. The van der Waals surface area contributed by atoms with Crippen LogP contribution in [0, 0.1) is 6.92 Å². The molecule has 92 valence electrons. The van der Waals surface area contributed by atoms with Crippen LogP contribution >= 0.6 is 11.3 Å². The van der Waals surface area contributed by atoms with E-state index in [0.717, 1.165) is 36.6 Å². The van der Waals surface area contributed by atoms with E-state index in [2.05, 4.69) is 35.4 Å². The molecule has 0 aliphatic rings. The zero-order valence-corrected chi connectivity index (χ0v) is 11.1. The molecule has 0 saturated carbocycles. The molecule has 0 amide bonds. The van der Waals surface area contributed by atoms with E-state index < -0.39 is 0 Å². The molecule has 4 heteroatoms. The lowest BCUT2D eigenvalue weighted by molar-refractivity contribution is 0.194. The summed E-state index contributed by atoms with van der Waals surface area (Å²) in [6.07, 6.45) is 2.20. The summed E-state index contributed by atoms with van der Waals surface area (Å²) < 4.78 is 6.27. The van der Waals surface area contributed by atoms with E-state index >= 15 is 0 Å². The van der Waals surface area contributed by atoms with Crippen molar-refractivity contribution in [3.63, 3.8) is 0 Å². The summed E-state index contributed by atoms with van der Waals surface area (Å²) in [5.74, 6) is 0. The van der Waals surface area contributed by atoms with E-state index in [1.165, 1.54) is 10.3 Å². The van der Waals surface area contributed by atoms with Crippen LogP contribution in [0.15, 0.2) is 18.2 Å². The van der Waals surface area contributed by atoms with Crippen molar-refractivity contribution in [3.8, 4) is 0 Å². The minimum absolute atomic E-state index is 0.834. The highest BCUT2D eigenvalue weighted by atomic mass is 32.1. The van der Waals surface area contributed by atoms with E-state index in [-0.39, 0.29) is 0 Å². The van der Waals surface area contributed by atoms with Crippen molar-refractivity contribution < 1.29 is 4.74 Å². The highest BCUT2D eigenvalue weighted by Gasteiger charge is 2.04. The Labute approximate surface area is 106 Å². The number of hydrogen-bond donors (Lipinski definition) is 1. The van der Waals surface area contributed by atoms with Crippen molar-refractivity contribution in [1.29, 1.82) is 0 Å². The maximum atomic E-state index is 5.02.